The van der Waals surface area contributed by atoms with Crippen LogP contribution in [0.15, 0.2) is 5.11 Å². The monoisotopic (exact) mass is 365 g/mol. The lowest BCUT2D eigenvalue weighted by Crippen LogP contribution is -2.32. The van der Waals surface area contributed by atoms with Gasteiger partial charge in [0.15, 0.2) is 0 Å². The SMILES string of the molecule is CC(C)CSC(=S)SC(C)(C)C(=O)OCCOCCN=[N+]=[N-]. The highest BCUT2D eigenvalue weighted by molar-refractivity contribution is 8.47. The van der Waals surface area contributed by atoms with Gasteiger partial charge in [-0.1, -0.05) is 42.9 Å². The van der Waals surface area contributed by atoms with Crippen molar-refractivity contribution >= 4 is 45.2 Å². The van der Waals surface area contributed by atoms with Gasteiger partial charge in [-0.2, -0.15) is 0 Å². The third kappa shape index (κ3) is 11.1. The van der Waals surface area contributed by atoms with Crippen LogP contribution in [0.4, 0.5) is 0 Å². The number of ether oxygens (including phenoxy) is 2. The molecule has 0 spiro atoms. The van der Waals surface area contributed by atoms with Gasteiger partial charge in [0.1, 0.15) is 14.9 Å². The predicted molar refractivity (Wildman–Crippen MR) is 97.4 cm³/mol. The Kier molecular flexibility index (Phi) is 11.8. The number of thiocarbonyl (C=S) groups is 1. The second-order valence-electron chi connectivity index (χ2n) is 5.27. The van der Waals surface area contributed by atoms with Gasteiger partial charge in [0.2, 0.25) is 0 Å². The van der Waals surface area contributed by atoms with E-state index < -0.39 is 4.75 Å². The van der Waals surface area contributed by atoms with Crippen molar-refractivity contribution in [1.29, 1.82) is 0 Å². The maximum Gasteiger partial charge on any atom is 0.322 e. The molecule has 0 saturated carbocycles. The van der Waals surface area contributed by atoms with Gasteiger partial charge in [-0.15, -0.1) is 11.8 Å². The maximum absolute atomic E-state index is 12.0. The van der Waals surface area contributed by atoms with Gasteiger partial charge >= 0.3 is 5.97 Å². The highest BCUT2D eigenvalue weighted by Crippen LogP contribution is 2.32. The smallest absolute Gasteiger partial charge is 0.322 e. The molecule has 0 aromatic carbocycles. The van der Waals surface area contributed by atoms with E-state index in [-0.39, 0.29) is 25.7 Å². The number of hydrogen-bond donors (Lipinski definition) is 0. The molecule has 0 aromatic heterocycles. The Morgan fingerprint density at radius 2 is 2.05 bits per heavy atom. The highest BCUT2D eigenvalue weighted by atomic mass is 32.2. The third-order valence-electron chi connectivity index (χ3n) is 2.22. The van der Waals surface area contributed by atoms with E-state index in [1.807, 2.05) is 0 Å². The van der Waals surface area contributed by atoms with E-state index in [9.17, 15) is 4.79 Å². The van der Waals surface area contributed by atoms with Gasteiger partial charge in [0, 0.05) is 17.2 Å². The average Bonchev–Trinajstić information content (AvgIpc) is 2.43. The molecule has 0 rings (SSSR count). The second-order valence-corrected chi connectivity index (χ2v) is 9.12. The first-order valence-electron chi connectivity index (χ1n) is 6.91. The van der Waals surface area contributed by atoms with Gasteiger partial charge in [-0.3, -0.25) is 4.79 Å². The lowest BCUT2D eigenvalue weighted by atomic mass is 10.2. The van der Waals surface area contributed by atoms with E-state index >= 15 is 0 Å². The Bertz CT molecular complexity index is 411. The molecule has 0 aliphatic carbocycles. The summed E-state index contributed by atoms with van der Waals surface area (Å²) in [6.07, 6.45) is 0. The molecule has 0 amide bonds. The quantitative estimate of drug-likeness (QED) is 0.145. The van der Waals surface area contributed by atoms with Crippen LogP contribution in [0, 0.1) is 5.92 Å². The fraction of sp³-hybridized carbons (Fsp3) is 0.846. The van der Waals surface area contributed by atoms with E-state index in [1.165, 1.54) is 11.8 Å². The Hall–Kier alpha value is -0.470. The zero-order valence-electron chi connectivity index (χ0n) is 13.4. The van der Waals surface area contributed by atoms with Crippen LogP contribution in [-0.4, -0.2) is 46.4 Å². The number of nitrogens with zero attached hydrogens (tertiary/aromatic N) is 3. The zero-order chi connectivity index (χ0) is 17.0. The molecule has 0 saturated heterocycles. The summed E-state index contributed by atoms with van der Waals surface area (Å²) in [6, 6.07) is 0. The number of esters is 1. The fourth-order valence-corrected chi connectivity index (χ4v) is 4.06. The third-order valence-corrected chi connectivity index (χ3v) is 5.34. The molecule has 0 aromatic rings. The Morgan fingerprint density at radius 1 is 1.36 bits per heavy atom. The van der Waals surface area contributed by atoms with Gasteiger partial charge in [0.05, 0.1) is 13.2 Å². The first-order chi connectivity index (χ1) is 10.3. The topological polar surface area (TPSA) is 84.3 Å². The van der Waals surface area contributed by atoms with Crippen molar-refractivity contribution in [3.63, 3.8) is 0 Å². The van der Waals surface area contributed by atoms with Gasteiger partial charge in [0.25, 0.3) is 0 Å². The minimum Gasteiger partial charge on any atom is -0.462 e. The minimum absolute atomic E-state index is 0.172. The normalized spacial score (nSPS) is 11.1. The molecule has 0 unspecified atom stereocenters. The molecule has 0 atom stereocenters. The van der Waals surface area contributed by atoms with E-state index in [1.54, 1.807) is 25.6 Å². The van der Waals surface area contributed by atoms with E-state index in [2.05, 4.69) is 23.9 Å². The molecule has 22 heavy (non-hydrogen) atoms. The van der Waals surface area contributed by atoms with Gasteiger partial charge in [-0.25, -0.2) is 0 Å². The highest BCUT2D eigenvalue weighted by Gasteiger charge is 2.31. The van der Waals surface area contributed by atoms with E-state index in [0.717, 1.165) is 9.28 Å². The largest absolute Gasteiger partial charge is 0.462 e. The Labute approximate surface area is 145 Å². The first kappa shape index (κ1) is 21.5. The Balaban J connectivity index is 3.96. The molecule has 0 bridgehead atoms. The zero-order valence-corrected chi connectivity index (χ0v) is 15.9. The summed E-state index contributed by atoms with van der Waals surface area (Å²) in [4.78, 5) is 14.6. The van der Waals surface area contributed by atoms with Crippen LogP contribution in [-0.2, 0) is 14.3 Å². The summed E-state index contributed by atoms with van der Waals surface area (Å²) in [6.45, 7) is 8.88. The van der Waals surface area contributed by atoms with E-state index in [0.29, 0.717) is 12.5 Å². The van der Waals surface area contributed by atoms with Crippen LogP contribution in [0.2, 0.25) is 0 Å². The van der Waals surface area contributed by atoms with E-state index in [4.69, 9.17) is 27.2 Å². The van der Waals surface area contributed by atoms with Crippen molar-refractivity contribution in [2.75, 3.05) is 32.1 Å². The Morgan fingerprint density at radius 3 is 2.64 bits per heavy atom. The lowest BCUT2D eigenvalue weighted by molar-refractivity contribution is -0.147. The molecule has 0 fully saturated rings. The minimum atomic E-state index is -0.716. The summed E-state index contributed by atoms with van der Waals surface area (Å²) in [7, 11) is 0. The molecule has 0 aliphatic rings. The molecule has 0 aliphatic heterocycles. The average molecular weight is 366 g/mol. The van der Waals surface area contributed by atoms with Crippen molar-refractivity contribution in [3.05, 3.63) is 10.4 Å². The number of azide groups is 1. The van der Waals surface area contributed by atoms with Crippen molar-refractivity contribution < 1.29 is 14.3 Å². The molecular formula is C13H23N3O3S3. The molecule has 0 N–H and O–H groups in total. The number of hydrogen-bond acceptors (Lipinski definition) is 7. The number of thioether (sulfide) groups is 2. The summed E-state index contributed by atoms with van der Waals surface area (Å²) < 4.78 is 10.4. The molecule has 0 radical (unpaired) electrons. The number of carbonyl (C=O) groups excluding carboxylic acids is 1. The summed E-state index contributed by atoms with van der Waals surface area (Å²) >= 11 is 8.23. The molecule has 9 heteroatoms. The van der Waals surface area contributed by atoms with Crippen LogP contribution in [0.25, 0.3) is 10.4 Å². The van der Waals surface area contributed by atoms with Crippen LogP contribution < -0.4 is 0 Å². The summed E-state index contributed by atoms with van der Waals surface area (Å²) in [5.41, 5.74) is 8.09. The van der Waals surface area contributed by atoms with Crippen molar-refractivity contribution in [1.82, 2.24) is 0 Å². The predicted octanol–water partition coefficient (Wildman–Crippen LogP) is 4.04. The summed E-state index contributed by atoms with van der Waals surface area (Å²) in [5, 5.41) is 3.33. The maximum atomic E-state index is 12.0. The number of rotatable bonds is 10. The standard InChI is InChI=1S/C13H23N3O3S3/c1-10(2)9-21-12(20)22-13(3,4)11(17)19-8-7-18-6-5-15-16-14/h10H,5-9H2,1-4H3. The van der Waals surface area contributed by atoms with Gasteiger partial charge in [-0.05, 0) is 25.3 Å². The van der Waals surface area contributed by atoms with Crippen LogP contribution in [0.3, 0.4) is 0 Å². The van der Waals surface area contributed by atoms with Crippen molar-refractivity contribution in [2.45, 2.75) is 32.4 Å². The second kappa shape index (κ2) is 12.0. The van der Waals surface area contributed by atoms with Gasteiger partial charge < -0.3 is 9.47 Å². The van der Waals surface area contributed by atoms with Crippen molar-refractivity contribution in [2.24, 2.45) is 11.0 Å². The molecular weight excluding hydrogens is 342 g/mol. The summed E-state index contributed by atoms with van der Waals surface area (Å²) in [5.74, 6) is 1.18. The van der Waals surface area contributed by atoms with Crippen LogP contribution in [0.5, 0.6) is 0 Å². The molecule has 6 nitrogen and oxygen atoms in total. The lowest BCUT2D eigenvalue weighted by Gasteiger charge is -2.22. The van der Waals surface area contributed by atoms with Crippen LogP contribution >= 0.6 is 35.7 Å². The van der Waals surface area contributed by atoms with Crippen LogP contribution in [0.1, 0.15) is 27.7 Å². The molecule has 126 valence electrons. The fourth-order valence-electron chi connectivity index (χ4n) is 1.13. The first-order valence-corrected chi connectivity index (χ1v) is 9.12. The number of carbonyl (C=O) groups is 1. The van der Waals surface area contributed by atoms with Crippen molar-refractivity contribution in [3.8, 4) is 0 Å². The molecule has 0 heterocycles.